The smallest absolute Gasteiger partial charge is 0.152 e. The first kappa shape index (κ1) is 12.5. The minimum atomic E-state index is -0.687. The Kier molecular flexibility index (Phi) is 2.82. The molecule has 0 radical (unpaired) electrons. The maximum atomic E-state index is 13.8. The molecule has 1 aromatic heterocycles. The van der Waals surface area contributed by atoms with Gasteiger partial charge in [0.05, 0.1) is 16.8 Å². The summed E-state index contributed by atoms with van der Waals surface area (Å²) in [6, 6.07) is 7.24. The third-order valence-corrected chi connectivity index (χ3v) is 3.14. The molecule has 3 rings (SSSR count). The van der Waals surface area contributed by atoms with Crippen LogP contribution in [0.2, 0.25) is 0 Å². The number of hydrogen-bond acceptors (Lipinski definition) is 1. The zero-order valence-electron chi connectivity index (χ0n) is 10.1. The molecule has 3 aromatic rings. The first-order chi connectivity index (χ1) is 9.61. The largest absolute Gasteiger partial charge is 0.351 e. The standard InChI is InChI=1S/C15H8F3NO/c16-9-3-1-8(2-4-9)14-10(7-20)13-11(17)5-6-12(18)15(13)19-14/h1-7,19H. The Bertz CT molecular complexity index is 806. The van der Waals surface area contributed by atoms with Crippen LogP contribution in [0.25, 0.3) is 22.2 Å². The van der Waals surface area contributed by atoms with Gasteiger partial charge in [0.15, 0.2) is 6.29 Å². The molecule has 0 atom stereocenters. The minimum absolute atomic E-state index is 0.0172. The molecule has 0 aliphatic carbocycles. The van der Waals surface area contributed by atoms with Crippen LogP contribution < -0.4 is 0 Å². The summed E-state index contributed by atoms with van der Waals surface area (Å²) in [4.78, 5) is 13.9. The molecule has 0 saturated heterocycles. The van der Waals surface area contributed by atoms with E-state index in [0.717, 1.165) is 12.1 Å². The molecule has 0 bridgehead atoms. The van der Waals surface area contributed by atoms with Gasteiger partial charge in [-0.05, 0) is 42.0 Å². The summed E-state index contributed by atoms with van der Waals surface area (Å²) in [7, 11) is 0. The molecule has 0 aliphatic heterocycles. The van der Waals surface area contributed by atoms with Crippen LogP contribution in [0.5, 0.6) is 0 Å². The van der Waals surface area contributed by atoms with Crippen LogP contribution in [0.3, 0.4) is 0 Å². The molecular formula is C15H8F3NO. The van der Waals surface area contributed by atoms with E-state index in [4.69, 9.17) is 0 Å². The predicted octanol–water partition coefficient (Wildman–Crippen LogP) is 4.06. The van der Waals surface area contributed by atoms with E-state index in [1.54, 1.807) is 0 Å². The average Bonchev–Trinajstić information content (AvgIpc) is 2.84. The van der Waals surface area contributed by atoms with Crippen LogP contribution in [0.1, 0.15) is 10.4 Å². The molecule has 0 amide bonds. The van der Waals surface area contributed by atoms with Gasteiger partial charge >= 0.3 is 0 Å². The molecular weight excluding hydrogens is 267 g/mol. The highest BCUT2D eigenvalue weighted by molar-refractivity contribution is 6.04. The Hall–Kier alpha value is -2.56. The number of aldehydes is 1. The second-order valence-corrected chi connectivity index (χ2v) is 4.32. The fourth-order valence-electron chi connectivity index (χ4n) is 2.22. The Morgan fingerprint density at radius 1 is 0.900 bits per heavy atom. The third kappa shape index (κ3) is 1.79. The van der Waals surface area contributed by atoms with Gasteiger partial charge < -0.3 is 4.98 Å². The van der Waals surface area contributed by atoms with Gasteiger partial charge in [-0.1, -0.05) is 0 Å². The fraction of sp³-hybridized carbons (Fsp3) is 0. The van der Waals surface area contributed by atoms with Gasteiger partial charge in [0.1, 0.15) is 17.5 Å². The molecule has 5 heteroatoms. The van der Waals surface area contributed by atoms with E-state index in [2.05, 4.69) is 4.98 Å². The van der Waals surface area contributed by atoms with Gasteiger partial charge in [0.2, 0.25) is 0 Å². The molecule has 0 saturated carbocycles. The second kappa shape index (κ2) is 4.52. The lowest BCUT2D eigenvalue weighted by Gasteiger charge is -1.99. The van der Waals surface area contributed by atoms with Crippen molar-refractivity contribution >= 4 is 17.2 Å². The minimum Gasteiger partial charge on any atom is -0.351 e. The highest BCUT2D eigenvalue weighted by Gasteiger charge is 2.18. The third-order valence-electron chi connectivity index (χ3n) is 3.14. The molecule has 0 unspecified atom stereocenters. The quantitative estimate of drug-likeness (QED) is 0.703. The lowest BCUT2D eigenvalue weighted by Crippen LogP contribution is -1.86. The summed E-state index contributed by atoms with van der Waals surface area (Å²) in [5.74, 6) is -1.78. The van der Waals surface area contributed by atoms with Gasteiger partial charge in [-0.15, -0.1) is 0 Å². The van der Waals surface area contributed by atoms with E-state index in [9.17, 15) is 18.0 Å². The van der Waals surface area contributed by atoms with Crippen molar-refractivity contribution in [3.8, 4) is 11.3 Å². The molecule has 0 spiro atoms. The van der Waals surface area contributed by atoms with Gasteiger partial charge in [0.25, 0.3) is 0 Å². The van der Waals surface area contributed by atoms with E-state index in [1.165, 1.54) is 24.3 Å². The summed E-state index contributed by atoms with van der Waals surface area (Å²) in [5, 5.41) is -0.0978. The second-order valence-electron chi connectivity index (χ2n) is 4.32. The number of nitrogens with one attached hydrogen (secondary N) is 1. The van der Waals surface area contributed by atoms with Crippen LogP contribution in [-0.2, 0) is 0 Å². The van der Waals surface area contributed by atoms with E-state index >= 15 is 0 Å². The highest BCUT2D eigenvalue weighted by atomic mass is 19.1. The van der Waals surface area contributed by atoms with Gasteiger partial charge in [0, 0.05) is 5.39 Å². The summed E-state index contributed by atoms with van der Waals surface area (Å²) in [5.41, 5.74) is 0.678. The van der Waals surface area contributed by atoms with Crippen molar-refractivity contribution in [1.29, 1.82) is 0 Å². The van der Waals surface area contributed by atoms with Gasteiger partial charge in [-0.3, -0.25) is 4.79 Å². The number of aromatic amines is 1. The molecule has 20 heavy (non-hydrogen) atoms. The number of carbonyl (C=O) groups excluding carboxylic acids is 1. The van der Waals surface area contributed by atoms with E-state index in [-0.39, 0.29) is 22.2 Å². The van der Waals surface area contributed by atoms with E-state index < -0.39 is 17.5 Å². The van der Waals surface area contributed by atoms with Crippen molar-refractivity contribution in [2.45, 2.75) is 0 Å². The number of H-pyrrole nitrogens is 1. The average molecular weight is 275 g/mol. The number of rotatable bonds is 2. The predicted molar refractivity (Wildman–Crippen MR) is 69.0 cm³/mol. The number of benzene rings is 2. The molecule has 0 aliphatic rings. The SMILES string of the molecule is O=Cc1c(-c2ccc(F)cc2)[nH]c2c(F)ccc(F)c12. The molecule has 2 nitrogen and oxygen atoms in total. The van der Waals surface area contributed by atoms with Crippen molar-refractivity contribution < 1.29 is 18.0 Å². The van der Waals surface area contributed by atoms with E-state index in [1.807, 2.05) is 0 Å². The van der Waals surface area contributed by atoms with Crippen molar-refractivity contribution in [3.63, 3.8) is 0 Å². The summed E-state index contributed by atoms with van der Waals surface area (Å²) < 4.78 is 40.4. The zero-order valence-corrected chi connectivity index (χ0v) is 10.1. The molecule has 1 heterocycles. The van der Waals surface area contributed by atoms with Crippen molar-refractivity contribution in [1.82, 2.24) is 4.98 Å². The Morgan fingerprint density at radius 3 is 2.20 bits per heavy atom. The van der Waals surface area contributed by atoms with E-state index in [0.29, 0.717) is 11.8 Å². The van der Waals surface area contributed by atoms with Crippen LogP contribution in [0, 0.1) is 17.5 Å². The summed E-state index contributed by atoms with van der Waals surface area (Å²) in [6.45, 7) is 0. The zero-order chi connectivity index (χ0) is 14.3. The van der Waals surface area contributed by atoms with Crippen LogP contribution in [0.4, 0.5) is 13.2 Å². The monoisotopic (exact) mass is 275 g/mol. The lowest BCUT2D eigenvalue weighted by molar-refractivity contribution is 0.112. The Labute approximate surface area is 111 Å². The topological polar surface area (TPSA) is 32.9 Å². The number of hydrogen-bond donors (Lipinski definition) is 1. The maximum absolute atomic E-state index is 13.8. The van der Waals surface area contributed by atoms with Crippen molar-refractivity contribution in [2.24, 2.45) is 0 Å². The van der Waals surface area contributed by atoms with Gasteiger partial charge in [-0.25, -0.2) is 13.2 Å². The highest BCUT2D eigenvalue weighted by Crippen LogP contribution is 2.32. The number of carbonyl (C=O) groups is 1. The van der Waals surface area contributed by atoms with Gasteiger partial charge in [-0.2, -0.15) is 0 Å². The van der Waals surface area contributed by atoms with Crippen LogP contribution in [0.15, 0.2) is 36.4 Å². The number of fused-ring (bicyclic) bond motifs is 1. The molecule has 100 valence electrons. The number of aromatic nitrogens is 1. The Balaban J connectivity index is 2.36. The van der Waals surface area contributed by atoms with Crippen LogP contribution >= 0.6 is 0 Å². The lowest BCUT2D eigenvalue weighted by atomic mass is 10.1. The van der Waals surface area contributed by atoms with Crippen molar-refractivity contribution in [3.05, 3.63) is 59.4 Å². The van der Waals surface area contributed by atoms with Crippen molar-refractivity contribution in [2.75, 3.05) is 0 Å². The molecule has 1 N–H and O–H groups in total. The Morgan fingerprint density at radius 2 is 1.55 bits per heavy atom. The normalized spacial score (nSPS) is 10.9. The maximum Gasteiger partial charge on any atom is 0.152 e. The fourth-order valence-corrected chi connectivity index (χ4v) is 2.22. The van der Waals surface area contributed by atoms with Crippen LogP contribution in [-0.4, -0.2) is 11.3 Å². The number of halogens is 3. The molecule has 0 fully saturated rings. The summed E-state index contributed by atoms with van der Waals surface area (Å²) >= 11 is 0. The first-order valence-corrected chi connectivity index (χ1v) is 5.82. The summed E-state index contributed by atoms with van der Waals surface area (Å²) in [6.07, 6.45) is 0.458. The molecule has 2 aromatic carbocycles. The first-order valence-electron chi connectivity index (χ1n) is 5.82.